The van der Waals surface area contributed by atoms with Crippen molar-refractivity contribution in [1.82, 2.24) is 19.7 Å². The molecular weight excluding hydrogens is 453 g/mol. The SMILES string of the molecule is CC(CO)n1cc(-c2ccc(C(=O)Nc3cc(C(F)(F)F)ccn3)cc2)c2c(N)n[nH]c(=O)c21. The van der Waals surface area contributed by atoms with Gasteiger partial charge in [0.15, 0.2) is 5.82 Å². The topological polar surface area (TPSA) is 139 Å². The molecule has 3 heterocycles. The molecule has 0 radical (unpaired) electrons. The van der Waals surface area contributed by atoms with Gasteiger partial charge in [-0.2, -0.15) is 18.3 Å². The van der Waals surface area contributed by atoms with E-state index in [-0.39, 0.29) is 29.3 Å². The fraction of sp³-hybridized carbons (Fsp3) is 0.182. The number of amides is 1. The number of hydrogen-bond donors (Lipinski definition) is 4. The van der Waals surface area contributed by atoms with Crippen LogP contribution in [0, 0.1) is 0 Å². The molecule has 4 rings (SSSR count). The molecule has 9 nitrogen and oxygen atoms in total. The molecule has 0 aliphatic carbocycles. The molecule has 1 aromatic carbocycles. The molecule has 3 aromatic heterocycles. The second-order valence-electron chi connectivity index (χ2n) is 7.60. The zero-order chi connectivity index (χ0) is 24.6. The number of nitrogen functional groups attached to an aromatic ring is 1. The summed E-state index contributed by atoms with van der Waals surface area (Å²) in [7, 11) is 0. The van der Waals surface area contributed by atoms with E-state index in [1.807, 2.05) is 0 Å². The van der Waals surface area contributed by atoms with Crippen LogP contribution in [0.25, 0.3) is 22.0 Å². The van der Waals surface area contributed by atoms with Crippen LogP contribution in [0.5, 0.6) is 0 Å². The largest absolute Gasteiger partial charge is 0.416 e. The number of pyridine rings is 1. The molecule has 0 saturated heterocycles. The first-order valence-corrected chi connectivity index (χ1v) is 10.0. The Labute approximate surface area is 190 Å². The molecule has 12 heteroatoms. The summed E-state index contributed by atoms with van der Waals surface area (Å²) in [5.74, 6) is -0.790. The van der Waals surface area contributed by atoms with Crippen molar-refractivity contribution in [2.75, 3.05) is 17.7 Å². The Kier molecular flexibility index (Phi) is 5.83. The molecule has 176 valence electrons. The lowest BCUT2D eigenvalue weighted by Gasteiger charge is -2.11. The molecule has 5 N–H and O–H groups in total. The Morgan fingerprint density at radius 3 is 2.62 bits per heavy atom. The number of nitrogens with one attached hydrogen (secondary N) is 2. The van der Waals surface area contributed by atoms with Gasteiger partial charge in [-0.25, -0.2) is 10.1 Å². The second kappa shape index (κ2) is 8.63. The van der Waals surface area contributed by atoms with Gasteiger partial charge in [0.1, 0.15) is 11.3 Å². The van der Waals surface area contributed by atoms with Crippen LogP contribution in [0.2, 0.25) is 0 Å². The van der Waals surface area contributed by atoms with Crippen molar-refractivity contribution in [2.24, 2.45) is 0 Å². The first-order valence-electron chi connectivity index (χ1n) is 10.0. The molecule has 34 heavy (non-hydrogen) atoms. The average molecular weight is 472 g/mol. The van der Waals surface area contributed by atoms with Crippen molar-refractivity contribution >= 4 is 28.4 Å². The Balaban J connectivity index is 1.67. The van der Waals surface area contributed by atoms with E-state index in [0.29, 0.717) is 16.5 Å². The molecule has 0 aliphatic rings. The van der Waals surface area contributed by atoms with E-state index >= 15 is 0 Å². The van der Waals surface area contributed by atoms with E-state index in [9.17, 15) is 27.9 Å². The van der Waals surface area contributed by atoms with Crippen LogP contribution in [0.3, 0.4) is 0 Å². The highest BCUT2D eigenvalue weighted by atomic mass is 19.4. The quantitative estimate of drug-likeness (QED) is 0.352. The number of nitrogens with zero attached hydrogens (tertiary/aromatic N) is 3. The van der Waals surface area contributed by atoms with Gasteiger partial charge in [-0.1, -0.05) is 12.1 Å². The standard InChI is InChI=1S/C22H19F3N6O3/c1-11(10-32)31-9-15(17-18(31)21(34)30-29-19(17)26)12-2-4-13(5-3-12)20(33)28-16-8-14(6-7-27-16)22(23,24)25/h2-9,11,32H,10H2,1H3,(H2,26,29)(H,30,34)(H,27,28,33). The number of aliphatic hydroxyl groups is 1. The molecule has 1 atom stereocenters. The number of fused-ring (bicyclic) bond motifs is 1. The van der Waals surface area contributed by atoms with Crippen LogP contribution >= 0.6 is 0 Å². The molecule has 4 aromatic rings. The van der Waals surface area contributed by atoms with E-state index in [1.54, 1.807) is 29.8 Å². The highest BCUT2D eigenvalue weighted by molar-refractivity contribution is 6.05. The van der Waals surface area contributed by atoms with Crippen molar-refractivity contribution < 1.29 is 23.1 Å². The zero-order valence-corrected chi connectivity index (χ0v) is 17.7. The van der Waals surface area contributed by atoms with Gasteiger partial charge in [0.25, 0.3) is 11.5 Å². The number of aromatic amines is 1. The molecule has 0 fully saturated rings. The predicted molar refractivity (Wildman–Crippen MR) is 119 cm³/mol. The maximum atomic E-state index is 12.9. The van der Waals surface area contributed by atoms with Crippen molar-refractivity contribution in [3.63, 3.8) is 0 Å². The molecule has 0 aliphatic heterocycles. The van der Waals surface area contributed by atoms with Gasteiger partial charge >= 0.3 is 6.18 Å². The van der Waals surface area contributed by atoms with Crippen LogP contribution in [0.15, 0.2) is 53.6 Å². The minimum Gasteiger partial charge on any atom is -0.394 e. The van der Waals surface area contributed by atoms with E-state index in [4.69, 9.17) is 5.73 Å². The fourth-order valence-electron chi connectivity index (χ4n) is 3.55. The summed E-state index contributed by atoms with van der Waals surface area (Å²) in [5, 5.41) is 18.5. The molecule has 0 saturated carbocycles. The third-order valence-corrected chi connectivity index (χ3v) is 5.31. The molecule has 1 unspecified atom stereocenters. The molecule has 1 amide bonds. The van der Waals surface area contributed by atoms with Gasteiger partial charge in [-0.15, -0.1) is 0 Å². The smallest absolute Gasteiger partial charge is 0.394 e. The van der Waals surface area contributed by atoms with Gasteiger partial charge in [0.2, 0.25) is 0 Å². The summed E-state index contributed by atoms with van der Waals surface area (Å²) in [5.41, 5.74) is 6.23. The van der Waals surface area contributed by atoms with E-state index in [1.165, 1.54) is 12.1 Å². The lowest BCUT2D eigenvalue weighted by Crippen LogP contribution is -2.17. The van der Waals surface area contributed by atoms with Crippen LogP contribution in [0.4, 0.5) is 24.8 Å². The number of aliphatic hydroxyl groups excluding tert-OH is 1. The zero-order valence-electron chi connectivity index (χ0n) is 17.7. The second-order valence-corrected chi connectivity index (χ2v) is 7.60. The molecule has 0 bridgehead atoms. The average Bonchev–Trinajstić information content (AvgIpc) is 3.23. The van der Waals surface area contributed by atoms with Crippen LogP contribution in [0.1, 0.15) is 28.9 Å². The third kappa shape index (κ3) is 4.22. The Hall–Kier alpha value is -4.19. The number of nitrogens with two attached hydrogens (primary N) is 1. The highest BCUT2D eigenvalue weighted by Gasteiger charge is 2.31. The number of anilines is 2. The fourth-order valence-corrected chi connectivity index (χ4v) is 3.55. The summed E-state index contributed by atoms with van der Waals surface area (Å²) < 4.78 is 40.2. The number of H-pyrrole nitrogens is 1. The summed E-state index contributed by atoms with van der Waals surface area (Å²) >= 11 is 0. The summed E-state index contributed by atoms with van der Waals surface area (Å²) in [4.78, 5) is 28.7. The van der Waals surface area contributed by atoms with Crippen molar-refractivity contribution in [3.05, 3.63) is 70.3 Å². The van der Waals surface area contributed by atoms with E-state index < -0.39 is 29.2 Å². The number of halogens is 3. The summed E-state index contributed by atoms with van der Waals surface area (Å²) in [6, 6.07) is 7.32. The summed E-state index contributed by atoms with van der Waals surface area (Å²) in [6.07, 6.45) is -1.93. The molecular formula is C22H19F3N6O3. The van der Waals surface area contributed by atoms with E-state index in [2.05, 4.69) is 20.5 Å². The maximum absolute atomic E-state index is 12.9. The van der Waals surface area contributed by atoms with E-state index in [0.717, 1.165) is 18.3 Å². The Bertz CT molecular complexity index is 1430. The minimum atomic E-state index is -4.56. The van der Waals surface area contributed by atoms with Crippen molar-refractivity contribution in [3.8, 4) is 11.1 Å². The first kappa shape index (κ1) is 23.0. The third-order valence-electron chi connectivity index (χ3n) is 5.31. The maximum Gasteiger partial charge on any atom is 0.416 e. The number of aromatic nitrogens is 4. The van der Waals surface area contributed by atoms with Gasteiger partial charge < -0.3 is 20.7 Å². The first-order chi connectivity index (χ1) is 16.1. The highest BCUT2D eigenvalue weighted by Crippen LogP contribution is 2.34. The minimum absolute atomic E-state index is 0.0888. The predicted octanol–water partition coefficient (Wildman–Crippen LogP) is 3.19. The number of hydrogen-bond acceptors (Lipinski definition) is 6. The lowest BCUT2D eigenvalue weighted by molar-refractivity contribution is -0.137. The number of rotatable bonds is 5. The van der Waals surface area contributed by atoms with Crippen molar-refractivity contribution in [1.29, 1.82) is 0 Å². The van der Waals surface area contributed by atoms with Gasteiger partial charge in [0.05, 0.1) is 23.6 Å². The van der Waals surface area contributed by atoms with Gasteiger partial charge in [-0.3, -0.25) is 9.59 Å². The number of carbonyl (C=O) groups is 1. The molecule has 0 spiro atoms. The number of benzene rings is 1. The number of alkyl halides is 3. The van der Waals surface area contributed by atoms with Crippen LogP contribution in [-0.4, -0.2) is 37.4 Å². The van der Waals surface area contributed by atoms with Crippen molar-refractivity contribution in [2.45, 2.75) is 19.1 Å². The Morgan fingerprint density at radius 2 is 1.97 bits per heavy atom. The van der Waals surface area contributed by atoms with Gasteiger partial charge in [0, 0.05) is 23.5 Å². The normalized spacial score (nSPS) is 12.6. The monoisotopic (exact) mass is 472 g/mol. The summed E-state index contributed by atoms with van der Waals surface area (Å²) in [6.45, 7) is 1.52. The number of carbonyl (C=O) groups excluding carboxylic acids is 1. The van der Waals surface area contributed by atoms with Crippen LogP contribution in [-0.2, 0) is 6.18 Å². The Morgan fingerprint density at radius 1 is 1.26 bits per heavy atom. The van der Waals surface area contributed by atoms with Gasteiger partial charge in [-0.05, 0) is 36.8 Å². The lowest BCUT2D eigenvalue weighted by atomic mass is 10.0. The van der Waals surface area contributed by atoms with Crippen LogP contribution < -0.4 is 16.6 Å².